The largest absolute Gasteiger partial charge is 0.496 e. The molecule has 0 unspecified atom stereocenters. The van der Waals surface area contributed by atoms with Crippen molar-refractivity contribution < 1.29 is 27.8 Å². The van der Waals surface area contributed by atoms with Crippen molar-refractivity contribution in [1.82, 2.24) is 14.9 Å². The molecule has 3 N–H and O–H groups in total. The normalized spacial score (nSPS) is 14.8. The number of methoxy groups -OCH3 is 1. The van der Waals surface area contributed by atoms with Gasteiger partial charge < -0.3 is 25.1 Å². The number of alkyl halides is 2. The van der Waals surface area contributed by atoms with Gasteiger partial charge in [-0.05, 0) is 24.3 Å². The molecule has 2 amide bonds. The number of aromatic nitrogens is 2. The minimum atomic E-state index is -2.82. The lowest BCUT2D eigenvalue weighted by Crippen LogP contribution is -2.58. The fourth-order valence-electron chi connectivity index (χ4n) is 3.90. The average Bonchev–Trinajstić information content (AvgIpc) is 3.19. The molecule has 10 heteroatoms. The zero-order valence-corrected chi connectivity index (χ0v) is 17.4. The van der Waals surface area contributed by atoms with Crippen molar-refractivity contribution in [3.8, 4) is 17.2 Å². The first-order valence-corrected chi connectivity index (χ1v) is 9.98. The van der Waals surface area contributed by atoms with Gasteiger partial charge in [0.1, 0.15) is 17.2 Å². The molecule has 1 saturated heterocycles. The van der Waals surface area contributed by atoms with Gasteiger partial charge in [0.05, 0.1) is 36.8 Å². The number of pyridine rings is 1. The number of amides is 2. The molecule has 168 valence electrons. The van der Waals surface area contributed by atoms with E-state index < -0.39 is 30.8 Å². The number of rotatable bonds is 5. The third kappa shape index (κ3) is 3.59. The summed E-state index contributed by atoms with van der Waals surface area (Å²) in [5.41, 5.74) is 7.14. The summed E-state index contributed by atoms with van der Waals surface area (Å²) in [6, 6.07) is 9.87. The van der Waals surface area contributed by atoms with Crippen LogP contribution in [0, 0.1) is 0 Å². The zero-order chi connectivity index (χ0) is 23.3. The summed E-state index contributed by atoms with van der Waals surface area (Å²) in [6.45, 7) is -1.15. The molecular weight excluding hydrogens is 434 g/mol. The van der Waals surface area contributed by atoms with Crippen LogP contribution in [0.25, 0.3) is 21.8 Å². The predicted octanol–water partition coefficient (Wildman–Crippen LogP) is 3.71. The molecule has 4 aromatic rings. The molecule has 0 spiro atoms. The number of halogens is 2. The van der Waals surface area contributed by atoms with Crippen molar-refractivity contribution in [1.29, 1.82) is 0 Å². The van der Waals surface area contributed by atoms with E-state index in [4.69, 9.17) is 15.2 Å². The molecule has 0 bridgehead atoms. The molecule has 8 nitrogen and oxygen atoms in total. The van der Waals surface area contributed by atoms with Crippen LogP contribution >= 0.6 is 0 Å². The number of nitrogens with two attached hydrogens (primary N) is 1. The van der Waals surface area contributed by atoms with Crippen LogP contribution in [0.15, 0.2) is 48.8 Å². The number of nitrogens with zero attached hydrogens (tertiary/aromatic N) is 2. The van der Waals surface area contributed by atoms with Crippen LogP contribution in [0.3, 0.4) is 0 Å². The van der Waals surface area contributed by atoms with Gasteiger partial charge in [-0.1, -0.05) is 0 Å². The molecule has 0 radical (unpaired) electrons. The van der Waals surface area contributed by atoms with Crippen LogP contribution in [0.4, 0.5) is 8.78 Å². The number of fused-ring (bicyclic) bond motifs is 2. The fraction of sp³-hybridized carbons (Fsp3) is 0.174. The quantitative estimate of drug-likeness (QED) is 0.480. The van der Waals surface area contributed by atoms with E-state index in [0.717, 1.165) is 4.90 Å². The number of carbonyl (C=O) groups excluding carboxylic acids is 2. The zero-order valence-electron chi connectivity index (χ0n) is 17.4. The summed E-state index contributed by atoms with van der Waals surface area (Å²) in [7, 11) is 1.44. The van der Waals surface area contributed by atoms with E-state index in [0.29, 0.717) is 44.6 Å². The first-order chi connectivity index (χ1) is 15.8. The maximum atomic E-state index is 13.1. The minimum absolute atomic E-state index is 0.197. The van der Waals surface area contributed by atoms with Crippen LogP contribution in [-0.4, -0.2) is 52.8 Å². The van der Waals surface area contributed by atoms with Gasteiger partial charge in [-0.3, -0.25) is 14.6 Å². The summed E-state index contributed by atoms with van der Waals surface area (Å²) in [5, 5.41) is 1.16. The number of H-pyrrole nitrogens is 1. The Morgan fingerprint density at radius 1 is 1.09 bits per heavy atom. The van der Waals surface area contributed by atoms with Crippen molar-refractivity contribution in [3.63, 3.8) is 0 Å². The highest BCUT2D eigenvalue weighted by Crippen LogP contribution is 2.35. The second kappa shape index (κ2) is 7.44. The lowest BCUT2D eigenvalue weighted by molar-refractivity contribution is -0.113. The Morgan fingerprint density at radius 3 is 2.58 bits per heavy atom. The third-order valence-electron chi connectivity index (χ3n) is 5.53. The number of ether oxygens (including phenoxy) is 2. The standard InChI is InChI=1S/C23H18F2N4O4/c1-32-20-8-18-14(7-15(20)21(26)30)19(4-5-27-18)33-12-2-3-13-16(9-28-17(13)6-12)22(31)29-10-23(24,25)11-29/h2-9,28H,10-11H2,1H3,(H2,26,30). The number of primary amides is 1. The van der Waals surface area contributed by atoms with Gasteiger partial charge in [-0.2, -0.15) is 0 Å². The van der Waals surface area contributed by atoms with E-state index in [1.165, 1.54) is 13.3 Å². The van der Waals surface area contributed by atoms with Crippen molar-refractivity contribution in [3.05, 3.63) is 59.9 Å². The molecule has 3 heterocycles. The van der Waals surface area contributed by atoms with Crippen molar-refractivity contribution >= 4 is 33.6 Å². The summed E-state index contributed by atoms with van der Waals surface area (Å²) in [6.07, 6.45) is 3.06. The maximum absolute atomic E-state index is 13.1. The molecule has 2 aromatic carbocycles. The first kappa shape index (κ1) is 20.7. The number of hydrogen-bond donors (Lipinski definition) is 2. The minimum Gasteiger partial charge on any atom is -0.496 e. The monoisotopic (exact) mass is 452 g/mol. The summed E-state index contributed by atoms with van der Waals surface area (Å²) in [5.74, 6) is -2.71. The number of carbonyl (C=O) groups is 2. The van der Waals surface area contributed by atoms with E-state index in [1.807, 2.05) is 0 Å². The fourth-order valence-corrected chi connectivity index (χ4v) is 3.90. The van der Waals surface area contributed by atoms with Crippen LogP contribution in [0.1, 0.15) is 20.7 Å². The van der Waals surface area contributed by atoms with E-state index in [9.17, 15) is 18.4 Å². The Bertz CT molecular complexity index is 1430. The van der Waals surface area contributed by atoms with Gasteiger partial charge in [0.15, 0.2) is 0 Å². The summed E-state index contributed by atoms with van der Waals surface area (Å²) < 4.78 is 37.5. The van der Waals surface area contributed by atoms with Crippen molar-refractivity contribution in [2.75, 3.05) is 20.2 Å². The molecule has 0 saturated carbocycles. The van der Waals surface area contributed by atoms with Gasteiger partial charge in [-0.15, -0.1) is 0 Å². The molecule has 1 aliphatic rings. The highest BCUT2D eigenvalue weighted by molar-refractivity contribution is 6.07. The summed E-state index contributed by atoms with van der Waals surface area (Å²) in [4.78, 5) is 32.7. The summed E-state index contributed by atoms with van der Waals surface area (Å²) >= 11 is 0. The van der Waals surface area contributed by atoms with Crippen LogP contribution < -0.4 is 15.2 Å². The molecular formula is C23H18F2N4O4. The van der Waals surface area contributed by atoms with E-state index in [2.05, 4.69) is 9.97 Å². The van der Waals surface area contributed by atoms with Crippen LogP contribution in [0.2, 0.25) is 0 Å². The number of hydrogen-bond acceptors (Lipinski definition) is 5. The topological polar surface area (TPSA) is 111 Å². The van der Waals surface area contributed by atoms with E-state index >= 15 is 0 Å². The number of nitrogens with one attached hydrogen (secondary N) is 1. The Balaban J connectivity index is 1.47. The predicted molar refractivity (Wildman–Crippen MR) is 116 cm³/mol. The van der Waals surface area contributed by atoms with Gasteiger partial charge in [0.2, 0.25) is 0 Å². The third-order valence-corrected chi connectivity index (χ3v) is 5.53. The number of benzene rings is 2. The van der Waals surface area contributed by atoms with E-state index in [1.54, 1.807) is 42.6 Å². The second-order valence-electron chi connectivity index (χ2n) is 7.77. The molecule has 1 fully saturated rings. The van der Waals surface area contributed by atoms with Gasteiger partial charge in [0.25, 0.3) is 17.7 Å². The SMILES string of the molecule is COc1cc2nccc(Oc3ccc4c(C(=O)N5CC(F)(F)C5)c[nH]c4c3)c2cc1C(N)=O. The van der Waals surface area contributed by atoms with Crippen molar-refractivity contribution in [2.24, 2.45) is 5.73 Å². The second-order valence-corrected chi connectivity index (χ2v) is 7.77. The highest BCUT2D eigenvalue weighted by atomic mass is 19.3. The van der Waals surface area contributed by atoms with Gasteiger partial charge >= 0.3 is 0 Å². The maximum Gasteiger partial charge on any atom is 0.282 e. The van der Waals surface area contributed by atoms with E-state index in [-0.39, 0.29) is 5.56 Å². The number of aromatic amines is 1. The average molecular weight is 452 g/mol. The highest BCUT2D eigenvalue weighted by Gasteiger charge is 2.46. The molecule has 1 aliphatic heterocycles. The lowest BCUT2D eigenvalue weighted by Gasteiger charge is -2.38. The van der Waals surface area contributed by atoms with Gasteiger partial charge in [0, 0.05) is 40.8 Å². The Hall–Kier alpha value is -4.21. The lowest BCUT2D eigenvalue weighted by atomic mass is 10.1. The molecule has 0 aliphatic carbocycles. The van der Waals surface area contributed by atoms with Crippen LogP contribution in [0.5, 0.6) is 17.2 Å². The van der Waals surface area contributed by atoms with Crippen molar-refractivity contribution in [2.45, 2.75) is 5.92 Å². The Labute approximate surface area is 185 Å². The molecule has 5 rings (SSSR count). The Morgan fingerprint density at radius 2 is 1.88 bits per heavy atom. The van der Waals surface area contributed by atoms with Crippen LogP contribution in [-0.2, 0) is 0 Å². The smallest absolute Gasteiger partial charge is 0.282 e. The first-order valence-electron chi connectivity index (χ1n) is 9.98. The molecule has 2 aromatic heterocycles. The molecule has 33 heavy (non-hydrogen) atoms. The number of likely N-dealkylation sites (tertiary alicyclic amines) is 1. The molecule has 0 atom stereocenters. The Kier molecular flexibility index (Phi) is 4.66. The van der Waals surface area contributed by atoms with Gasteiger partial charge in [-0.25, -0.2) is 8.78 Å².